The highest BCUT2D eigenvalue weighted by molar-refractivity contribution is 7.99. The maximum atomic E-state index is 12.5. The number of hydrogen-bond acceptors (Lipinski definition) is 7. The van der Waals surface area contributed by atoms with E-state index in [9.17, 15) is 9.59 Å². The monoisotopic (exact) mass is 451 g/mol. The summed E-state index contributed by atoms with van der Waals surface area (Å²) in [5.41, 5.74) is 1.95. The zero-order valence-corrected chi connectivity index (χ0v) is 18.8. The number of H-pyrrole nitrogens is 1. The number of amides is 2. The maximum absolute atomic E-state index is 12.5. The van der Waals surface area contributed by atoms with Crippen LogP contribution in [-0.4, -0.2) is 38.5 Å². The average Bonchev–Trinajstić information content (AvgIpc) is 3.56. The van der Waals surface area contributed by atoms with Crippen molar-refractivity contribution in [2.45, 2.75) is 43.2 Å². The van der Waals surface area contributed by atoms with E-state index in [1.54, 1.807) is 6.07 Å². The predicted molar refractivity (Wildman–Crippen MR) is 123 cm³/mol. The number of rotatable bonds is 9. The van der Waals surface area contributed by atoms with E-state index in [-0.39, 0.29) is 23.4 Å². The van der Waals surface area contributed by atoms with Crippen LogP contribution in [0.3, 0.4) is 0 Å². The van der Waals surface area contributed by atoms with Crippen LogP contribution < -0.4 is 16.0 Å². The normalized spacial score (nSPS) is 12.9. The second-order valence-corrected chi connectivity index (χ2v) is 8.67. The molecule has 10 heteroatoms. The smallest absolute Gasteiger partial charge is 0.270 e. The van der Waals surface area contributed by atoms with Crippen molar-refractivity contribution in [3.05, 3.63) is 47.8 Å². The number of aryl methyl sites for hydroxylation is 1. The van der Waals surface area contributed by atoms with Gasteiger partial charge in [0.15, 0.2) is 11.0 Å². The molecule has 0 bridgehead atoms. The lowest BCUT2D eigenvalue weighted by atomic mass is 10.3. The zero-order chi connectivity index (χ0) is 22.5. The minimum absolute atomic E-state index is 0.0730. The first kappa shape index (κ1) is 21.8. The first-order chi connectivity index (χ1) is 15.5. The summed E-state index contributed by atoms with van der Waals surface area (Å²) in [5, 5.41) is 16.3. The predicted octanol–water partition coefficient (Wildman–Crippen LogP) is 3.89. The number of benzene rings is 1. The highest BCUT2D eigenvalue weighted by atomic mass is 32.2. The van der Waals surface area contributed by atoms with E-state index in [4.69, 9.17) is 0 Å². The number of aromatic amines is 1. The van der Waals surface area contributed by atoms with Gasteiger partial charge in [-0.1, -0.05) is 6.92 Å². The molecule has 32 heavy (non-hydrogen) atoms. The Morgan fingerprint density at radius 1 is 1.12 bits per heavy atom. The highest BCUT2D eigenvalue weighted by Gasteiger charge is 2.29. The van der Waals surface area contributed by atoms with Crippen molar-refractivity contribution in [3.63, 3.8) is 0 Å². The van der Waals surface area contributed by atoms with Gasteiger partial charge >= 0.3 is 0 Å². The summed E-state index contributed by atoms with van der Waals surface area (Å²) in [7, 11) is 0. The lowest BCUT2D eigenvalue weighted by molar-refractivity contribution is -0.117. The lowest BCUT2D eigenvalue weighted by Crippen LogP contribution is -2.25. The highest BCUT2D eigenvalue weighted by Crippen LogP contribution is 2.31. The van der Waals surface area contributed by atoms with Gasteiger partial charge in [-0.3, -0.25) is 14.7 Å². The summed E-state index contributed by atoms with van der Waals surface area (Å²) in [6, 6.07) is 10.9. The quantitative estimate of drug-likeness (QED) is 0.364. The summed E-state index contributed by atoms with van der Waals surface area (Å²) in [6.45, 7) is 4.46. The molecule has 4 rings (SSSR count). The van der Waals surface area contributed by atoms with Crippen LogP contribution in [0.2, 0.25) is 0 Å². The van der Waals surface area contributed by atoms with Crippen LogP contribution in [0, 0.1) is 12.8 Å². The van der Waals surface area contributed by atoms with Gasteiger partial charge in [0, 0.05) is 40.9 Å². The second-order valence-electron chi connectivity index (χ2n) is 7.63. The van der Waals surface area contributed by atoms with Crippen molar-refractivity contribution in [1.29, 1.82) is 0 Å². The molecule has 1 aliphatic carbocycles. The molecular formula is C22H25N7O2S. The summed E-state index contributed by atoms with van der Waals surface area (Å²) in [5.74, 6) is 1.06. The molecule has 0 spiro atoms. The second kappa shape index (κ2) is 9.82. The van der Waals surface area contributed by atoms with Crippen LogP contribution in [0.1, 0.15) is 42.4 Å². The molecule has 1 aromatic carbocycles. The minimum Gasteiger partial charge on any atom is -0.351 e. The fourth-order valence-corrected chi connectivity index (χ4v) is 3.67. The van der Waals surface area contributed by atoms with Gasteiger partial charge in [0.25, 0.3) is 5.91 Å². The largest absolute Gasteiger partial charge is 0.351 e. The molecular weight excluding hydrogens is 426 g/mol. The van der Waals surface area contributed by atoms with Crippen LogP contribution in [0.5, 0.6) is 0 Å². The third-order valence-corrected chi connectivity index (χ3v) is 5.59. The Bertz CT molecular complexity index is 1110. The SMILES string of the molecule is CCCNC(=O)c1cc(Nc2cc(C)[nH]n2)nc(Sc2ccc(NC(=O)C3CC3)cc2)n1. The van der Waals surface area contributed by atoms with E-state index >= 15 is 0 Å². The van der Waals surface area contributed by atoms with E-state index in [1.807, 2.05) is 44.2 Å². The Balaban J connectivity index is 1.52. The van der Waals surface area contributed by atoms with E-state index in [0.717, 1.165) is 35.5 Å². The van der Waals surface area contributed by atoms with E-state index in [0.29, 0.717) is 23.3 Å². The third kappa shape index (κ3) is 5.85. The molecule has 9 nitrogen and oxygen atoms in total. The van der Waals surface area contributed by atoms with Gasteiger partial charge in [0.2, 0.25) is 5.91 Å². The molecule has 166 valence electrons. The van der Waals surface area contributed by atoms with Crippen LogP contribution in [0.4, 0.5) is 17.3 Å². The number of carbonyl (C=O) groups is 2. The minimum atomic E-state index is -0.254. The number of nitrogens with one attached hydrogen (secondary N) is 4. The molecule has 2 amide bonds. The van der Waals surface area contributed by atoms with E-state index < -0.39 is 0 Å². The third-order valence-electron chi connectivity index (χ3n) is 4.72. The van der Waals surface area contributed by atoms with E-state index in [2.05, 4.69) is 36.1 Å². The number of carbonyl (C=O) groups excluding carboxylic acids is 2. The van der Waals surface area contributed by atoms with Crippen molar-refractivity contribution in [2.24, 2.45) is 5.92 Å². The first-order valence-electron chi connectivity index (χ1n) is 10.6. The fraction of sp³-hybridized carbons (Fsp3) is 0.318. The fourth-order valence-electron chi connectivity index (χ4n) is 2.90. The molecule has 1 saturated carbocycles. The molecule has 0 aliphatic heterocycles. The van der Waals surface area contributed by atoms with Gasteiger partial charge in [-0.2, -0.15) is 5.10 Å². The Hall–Kier alpha value is -3.40. The molecule has 0 atom stereocenters. The molecule has 0 unspecified atom stereocenters. The zero-order valence-electron chi connectivity index (χ0n) is 17.9. The van der Waals surface area contributed by atoms with Gasteiger partial charge in [-0.25, -0.2) is 9.97 Å². The van der Waals surface area contributed by atoms with Crippen molar-refractivity contribution in [3.8, 4) is 0 Å². The molecule has 1 fully saturated rings. The summed E-state index contributed by atoms with van der Waals surface area (Å²) in [6.07, 6.45) is 2.76. The number of anilines is 3. The maximum Gasteiger partial charge on any atom is 0.270 e. The van der Waals surface area contributed by atoms with Gasteiger partial charge in [0.1, 0.15) is 11.5 Å². The van der Waals surface area contributed by atoms with Gasteiger partial charge in [-0.05, 0) is 62.2 Å². The Morgan fingerprint density at radius 3 is 2.56 bits per heavy atom. The molecule has 4 N–H and O–H groups in total. The van der Waals surface area contributed by atoms with Crippen molar-refractivity contribution < 1.29 is 9.59 Å². The van der Waals surface area contributed by atoms with Crippen molar-refractivity contribution in [1.82, 2.24) is 25.5 Å². The molecule has 2 aromatic heterocycles. The van der Waals surface area contributed by atoms with Crippen molar-refractivity contribution in [2.75, 3.05) is 17.2 Å². The number of nitrogens with zero attached hydrogens (tertiary/aromatic N) is 3. The van der Waals surface area contributed by atoms with E-state index in [1.165, 1.54) is 11.8 Å². The Kier molecular flexibility index (Phi) is 6.69. The van der Waals surface area contributed by atoms with Crippen LogP contribution in [-0.2, 0) is 4.79 Å². The molecule has 2 heterocycles. The summed E-state index contributed by atoms with van der Waals surface area (Å²) in [4.78, 5) is 34.3. The standard InChI is InChI=1S/C22H25N7O2S/c1-3-10-23-21(31)17-12-18(26-19-11-13(2)28-29-19)27-22(25-17)32-16-8-6-15(7-9-16)24-20(30)14-4-5-14/h6-9,11-12,14H,3-5,10H2,1-2H3,(H,23,31)(H,24,30)(H2,25,26,27,28,29). The Labute approximate surface area is 190 Å². The topological polar surface area (TPSA) is 125 Å². The lowest BCUT2D eigenvalue weighted by Gasteiger charge is -2.09. The van der Waals surface area contributed by atoms with Gasteiger partial charge < -0.3 is 16.0 Å². The van der Waals surface area contributed by atoms with Crippen LogP contribution in [0.15, 0.2) is 46.5 Å². The molecule has 0 radical (unpaired) electrons. The first-order valence-corrected chi connectivity index (χ1v) is 11.4. The average molecular weight is 452 g/mol. The van der Waals surface area contributed by atoms with Gasteiger partial charge in [0.05, 0.1) is 0 Å². The van der Waals surface area contributed by atoms with Crippen LogP contribution in [0.25, 0.3) is 0 Å². The Morgan fingerprint density at radius 2 is 1.91 bits per heavy atom. The molecule has 0 saturated heterocycles. The van der Waals surface area contributed by atoms with Crippen LogP contribution >= 0.6 is 11.8 Å². The van der Waals surface area contributed by atoms with Crippen molar-refractivity contribution >= 4 is 40.9 Å². The molecule has 1 aliphatic rings. The summed E-state index contributed by atoms with van der Waals surface area (Å²) >= 11 is 1.34. The number of aromatic nitrogens is 4. The number of hydrogen-bond donors (Lipinski definition) is 4. The summed E-state index contributed by atoms with van der Waals surface area (Å²) < 4.78 is 0. The van der Waals surface area contributed by atoms with Gasteiger partial charge in [-0.15, -0.1) is 0 Å². The molecule has 3 aromatic rings.